The highest BCUT2D eigenvalue weighted by Crippen LogP contribution is 2.36. The molecule has 4 rings (SSSR count). The largest absolute Gasteiger partial charge is 0.278 e. The van der Waals surface area contributed by atoms with Gasteiger partial charge in [0.1, 0.15) is 9.22 Å². The Hall–Kier alpha value is -1.93. The number of thiazole rings is 1. The van der Waals surface area contributed by atoms with Crippen molar-refractivity contribution in [3.8, 4) is 10.6 Å². The predicted molar refractivity (Wildman–Crippen MR) is 105 cm³/mol. The summed E-state index contributed by atoms with van der Waals surface area (Å²) in [5.41, 5.74) is 2.13. The molecular formula is C17H11ClN2O2S3. The first-order valence-electron chi connectivity index (χ1n) is 7.26. The Kier molecular flexibility index (Phi) is 4.24. The maximum atomic E-state index is 12.6. The highest BCUT2D eigenvalue weighted by molar-refractivity contribution is 7.94. The van der Waals surface area contributed by atoms with Crippen molar-refractivity contribution in [3.05, 3.63) is 65.0 Å². The molecule has 0 atom stereocenters. The second-order valence-electron chi connectivity index (χ2n) is 5.20. The minimum absolute atomic E-state index is 0.177. The van der Waals surface area contributed by atoms with Crippen LogP contribution in [0.1, 0.15) is 0 Å². The van der Waals surface area contributed by atoms with Crippen LogP contribution >= 0.6 is 34.3 Å². The Balaban J connectivity index is 1.77. The molecular weight excluding hydrogens is 396 g/mol. The molecule has 2 heterocycles. The van der Waals surface area contributed by atoms with Gasteiger partial charge in [-0.05, 0) is 36.4 Å². The van der Waals surface area contributed by atoms with E-state index in [9.17, 15) is 8.42 Å². The molecule has 0 amide bonds. The van der Waals surface area contributed by atoms with Gasteiger partial charge in [-0.2, -0.15) is 0 Å². The Morgan fingerprint density at radius 2 is 1.68 bits per heavy atom. The van der Waals surface area contributed by atoms with Crippen LogP contribution in [0.25, 0.3) is 20.8 Å². The lowest BCUT2D eigenvalue weighted by Crippen LogP contribution is -2.12. The van der Waals surface area contributed by atoms with Crippen LogP contribution in [0.5, 0.6) is 0 Å². The van der Waals surface area contributed by atoms with Crippen LogP contribution < -0.4 is 4.72 Å². The number of halogens is 1. The summed E-state index contributed by atoms with van der Waals surface area (Å²) in [4.78, 5) is 4.62. The number of sulfonamides is 1. The van der Waals surface area contributed by atoms with Crippen molar-refractivity contribution in [2.24, 2.45) is 0 Å². The van der Waals surface area contributed by atoms with E-state index in [1.807, 2.05) is 36.4 Å². The summed E-state index contributed by atoms with van der Waals surface area (Å²) in [6.07, 6.45) is 0. The molecule has 2 aromatic heterocycles. The van der Waals surface area contributed by atoms with Gasteiger partial charge in [0.25, 0.3) is 10.0 Å². The molecule has 8 heteroatoms. The van der Waals surface area contributed by atoms with Crippen molar-refractivity contribution in [1.82, 2.24) is 4.98 Å². The third-order valence-corrected chi connectivity index (χ3v) is 7.67. The molecule has 0 aliphatic carbocycles. The van der Waals surface area contributed by atoms with Crippen molar-refractivity contribution in [2.75, 3.05) is 4.72 Å². The van der Waals surface area contributed by atoms with Gasteiger partial charge in [-0.3, -0.25) is 4.72 Å². The van der Waals surface area contributed by atoms with E-state index in [1.165, 1.54) is 17.4 Å². The van der Waals surface area contributed by atoms with Gasteiger partial charge in [-0.1, -0.05) is 35.9 Å². The maximum Gasteiger partial charge on any atom is 0.271 e. The molecule has 0 saturated carbocycles. The molecule has 0 unspecified atom stereocenters. The Morgan fingerprint density at radius 3 is 2.44 bits per heavy atom. The van der Waals surface area contributed by atoms with Crippen LogP contribution in [0.3, 0.4) is 0 Å². The lowest BCUT2D eigenvalue weighted by Gasteiger charge is -2.10. The van der Waals surface area contributed by atoms with Crippen LogP contribution in [-0.2, 0) is 10.0 Å². The molecule has 126 valence electrons. The summed E-state index contributed by atoms with van der Waals surface area (Å²) in [7, 11) is -3.69. The van der Waals surface area contributed by atoms with E-state index in [0.717, 1.165) is 32.1 Å². The fourth-order valence-corrected chi connectivity index (χ4v) is 5.95. The number of anilines is 1. The summed E-state index contributed by atoms with van der Waals surface area (Å²) < 4.78 is 29.5. The average Bonchev–Trinajstić information content (AvgIpc) is 3.21. The van der Waals surface area contributed by atoms with E-state index in [2.05, 4.69) is 9.71 Å². The Bertz CT molecular complexity index is 1130. The molecule has 0 spiro atoms. The lowest BCUT2D eigenvalue weighted by molar-refractivity contribution is 0.603. The van der Waals surface area contributed by atoms with E-state index in [-0.39, 0.29) is 4.21 Å². The van der Waals surface area contributed by atoms with Crippen molar-refractivity contribution in [2.45, 2.75) is 4.21 Å². The Labute approximate surface area is 157 Å². The molecule has 0 aliphatic rings. The van der Waals surface area contributed by atoms with Gasteiger partial charge in [0, 0.05) is 5.56 Å². The average molecular weight is 407 g/mol. The van der Waals surface area contributed by atoms with Gasteiger partial charge in [-0.15, -0.1) is 22.7 Å². The summed E-state index contributed by atoms with van der Waals surface area (Å²) in [6, 6.07) is 18.1. The zero-order valence-corrected chi connectivity index (χ0v) is 15.8. The van der Waals surface area contributed by atoms with Crippen LogP contribution in [-0.4, -0.2) is 13.4 Å². The molecule has 2 aromatic carbocycles. The molecule has 4 aromatic rings. The first-order valence-corrected chi connectivity index (χ1v) is 10.8. The number of hydrogen-bond donors (Lipinski definition) is 1. The van der Waals surface area contributed by atoms with Crippen molar-refractivity contribution >= 4 is 60.2 Å². The van der Waals surface area contributed by atoms with E-state index in [4.69, 9.17) is 11.6 Å². The number of hydrogen-bond acceptors (Lipinski definition) is 5. The predicted octanol–water partition coefficient (Wildman–Crippen LogP) is 5.48. The number of thiophene rings is 1. The molecule has 4 nitrogen and oxygen atoms in total. The van der Waals surface area contributed by atoms with Gasteiger partial charge in [0.2, 0.25) is 0 Å². The highest BCUT2D eigenvalue weighted by Gasteiger charge is 2.19. The van der Waals surface area contributed by atoms with E-state index >= 15 is 0 Å². The van der Waals surface area contributed by atoms with E-state index in [0.29, 0.717) is 10.0 Å². The topological polar surface area (TPSA) is 59.1 Å². The molecule has 0 aliphatic heterocycles. The third kappa shape index (κ3) is 3.28. The van der Waals surface area contributed by atoms with Crippen molar-refractivity contribution in [3.63, 3.8) is 0 Å². The van der Waals surface area contributed by atoms with Crippen LogP contribution in [0.15, 0.2) is 64.9 Å². The van der Waals surface area contributed by atoms with Crippen LogP contribution in [0.2, 0.25) is 4.34 Å². The Morgan fingerprint density at radius 1 is 0.920 bits per heavy atom. The second kappa shape index (κ2) is 6.42. The maximum absolute atomic E-state index is 12.6. The van der Waals surface area contributed by atoms with Crippen molar-refractivity contribution < 1.29 is 8.42 Å². The smallest absolute Gasteiger partial charge is 0.271 e. The van der Waals surface area contributed by atoms with Gasteiger partial charge >= 0.3 is 0 Å². The van der Waals surface area contributed by atoms with Crippen molar-refractivity contribution in [1.29, 1.82) is 0 Å². The number of fused-ring (bicyclic) bond motifs is 1. The van der Waals surface area contributed by atoms with E-state index < -0.39 is 10.0 Å². The molecule has 1 N–H and O–H groups in total. The second-order valence-corrected chi connectivity index (χ2v) is 9.85. The number of nitrogens with zero attached hydrogens (tertiary/aromatic N) is 1. The fourth-order valence-electron chi connectivity index (χ4n) is 2.38. The molecule has 0 bridgehead atoms. The number of rotatable bonds is 4. The summed E-state index contributed by atoms with van der Waals surface area (Å²) in [6.45, 7) is 0. The van der Waals surface area contributed by atoms with E-state index in [1.54, 1.807) is 18.2 Å². The van der Waals surface area contributed by atoms with Crippen LogP contribution in [0.4, 0.5) is 5.69 Å². The first-order chi connectivity index (χ1) is 12.0. The number of para-hydroxylation sites is 2. The quantitative estimate of drug-likeness (QED) is 0.488. The van der Waals surface area contributed by atoms with Gasteiger partial charge in [-0.25, -0.2) is 13.4 Å². The minimum atomic E-state index is -3.69. The molecule has 0 fully saturated rings. The van der Waals surface area contributed by atoms with Crippen LogP contribution in [0, 0.1) is 0 Å². The fraction of sp³-hybridized carbons (Fsp3) is 0. The van der Waals surface area contributed by atoms with Gasteiger partial charge in [0.05, 0.1) is 20.2 Å². The third-order valence-electron chi connectivity index (χ3n) is 3.51. The lowest BCUT2D eigenvalue weighted by atomic mass is 10.2. The normalized spacial score (nSPS) is 11.7. The summed E-state index contributed by atoms with van der Waals surface area (Å²) >= 11 is 8.41. The minimum Gasteiger partial charge on any atom is -0.278 e. The number of aromatic nitrogens is 1. The standard InChI is InChI=1S/C17H11ClN2O2S3/c18-15-9-10-16(24-15)25(21,22)20-12-6-2-1-5-11(12)17-19-13-7-3-4-8-14(13)23-17/h1-10,20H. The zero-order chi connectivity index (χ0) is 17.4. The zero-order valence-electron chi connectivity index (χ0n) is 12.6. The molecule has 0 radical (unpaired) electrons. The van der Waals surface area contributed by atoms with Gasteiger partial charge in [0.15, 0.2) is 0 Å². The summed E-state index contributed by atoms with van der Waals surface area (Å²) in [5, 5.41) is 0.767. The summed E-state index contributed by atoms with van der Waals surface area (Å²) in [5.74, 6) is 0. The first kappa shape index (κ1) is 16.5. The van der Waals surface area contributed by atoms with Gasteiger partial charge < -0.3 is 0 Å². The monoisotopic (exact) mass is 406 g/mol. The number of nitrogens with one attached hydrogen (secondary N) is 1. The SMILES string of the molecule is O=S(=O)(Nc1ccccc1-c1nc2ccccc2s1)c1ccc(Cl)s1. The highest BCUT2D eigenvalue weighted by atomic mass is 35.5. The number of benzene rings is 2. The molecule has 25 heavy (non-hydrogen) atoms. The molecule has 0 saturated heterocycles.